The van der Waals surface area contributed by atoms with E-state index in [1.54, 1.807) is 0 Å². The lowest BCUT2D eigenvalue weighted by Crippen LogP contribution is -2.04. The third-order valence-electron chi connectivity index (χ3n) is 15.0. The second kappa shape index (κ2) is 16.4. The van der Waals surface area contributed by atoms with Crippen molar-refractivity contribution in [3.8, 4) is 62.1 Å². The molecule has 0 atom stereocenters. The minimum absolute atomic E-state index is 0.600. The van der Waals surface area contributed by atoms with Crippen LogP contribution in [-0.2, 0) is 0 Å². The van der Waals surface area contributed by atoms with Crippen LogP contribution in [0.1, 0.15) is 0 Å². The molecular formula is C69H42N4. The fourth-order valence-corrected chi connectivity index (χ4v) is 11.6. The normalized spacial score (nSPS) is 11.8. The minimum Gasteiger partial charge on any atom is -0.308 e. The first-order valence-corrected chi connectivity index (χ1v) is 24.9. The van der Waals surface area contributed by atoms with Crippen LogP contribution in [0.4, 0.5) is 0 Å². The van der Waals surface area contributed by atoms with E-state index < -0.39 is 0 Å². The number of hydrogen-bond acceptors (Lipinski definition) is 3. The molecule has 0 amide bonds. The Hall–Kier alpha value is -9.77. The van der Waals surface area contributed by atoms with Crippen molar-refractivity contribution in [1.82, 2.24) is 19.5 Å². The number of benzene rings is 13. The van der Waals surface area contributed by atoms with Gasteiger partial charge in [-0.3, -0.25) is 0 Å². The predicted octanol–water partition coefficient (Wildman–Crippen LogP) is 18.2. The van der Waals surface area contributed by atoms with Crippen molar-refractivity contribution in [2.45, 2.75) is 0 Å². The van der Waals surface area contributed by atoms with Gasteiger partial charge in [-0.05, 0) is 106 Å². The highest BCUT2D eigenvalue weighted by molar-refractivity contribution is 6.25. The Kier molecular flexibility index (Phi) is 9.23. The Morgan fingerprint density at radius 3 is 1.33 bits per heavy atom. The molecule has 15 rings (SSSR count). The van der Waals surface area contributed by atoms with Gasteiger partial charge in [-0.15, -0.1) is 0 Å². The molecular weight excluding hydrogens is 885 g/mol. The quantitative estimate of drug-likeness (QED) is 0.167. The Morgan fingerprint density at radius 2 is 0.712 bits per heavy atom. The summed E-state index contributed by atoms with van der Waals surface area (Å²) < 4.78 is 2.55. The topological polar surface area (TPSA) is 43.6 Å². The molecule has 4 nitrogen and oxygen atoms in total. The van der Waals surface area contributed by atoms with Crippen molar-refractivity contribution in [3.63, 3.8) is 0 Å². The van der Waals surface area contributed by atoms with Crippen LogP contribution >= 0.6 is 0 Å². The highest BCUT2D eigenvalue weighted by Crippen LogP contribution is 2.48. The average Bonchev–Trinajstić information content (AvgIpc) is 3.81. The van der Waals surface area contributed by atoms with Gasteiger partial charge in [-0.1, -0.05) is 224 Å². The molecule has 0 aliphatic rings. The summed E-state index contributed by atoms with van der Waals surface area (Å²) in [5.74, 6) is 1.84. The van der Waals surface area contributed by atoms with Gasteiger partial charge < -0.3 is 4.57 Å². The van der Waals surface area contributed by atoms with Gasteiger partial charge in [-0.25, -0.2) is 15.0 Å². The summed E-state index contributed by atoms with van der Waals surface area (Å²) in [4.78, 5) is 16.6. The fraction of sp³-hybridized carbons (Fsp3) is 0. The maximum atomic E-state index is 5.61. The first-order chi connectivity index (χ1) is 36.2. The summed E-state index contributed by atoms with van der Waals surface area (Å²) in [7, 11) is 0. The van der Waals surface area contributed by atoms with Gasteiger partial charge in [0, 0.05) is 38.4 Å². The van der Waals surface area contributed by atoms with Crippen molar-refractivity contribution in [2.24, 2.45) is 0 Å². The number of rotatable bonds is 6. The Balaban J connectivity index is 1.13. The van der Waals surface area contributed by atoms with Crippen LogP contribution < -0.4 is 0 Å². The van der Waals surface area contributed by atoms with E-state index in [-0.39, 0.29) is 0 Å². The molecule has 73 heavy (non-hydrogen) atoms. The molecule has 0 aliphatic carbocycles. The van der Waals surface area contributed by atoms with Crippen LogP contribution in [0.25, 0.3) is 149 Å². The maximum Gasteiger partial charge on any atom is 0.164 e. The van der Waals surface area contributed by atoms with Crippen molar-refractivity contribution >= 4 is 86.4 Å². The fourth-order valence-electron chi connectivity index (χ4n) is 11.6. The Bertz CT molecular complexity index is 4630. The van der Waals surface area contributed by atoms with E-state index in [0.717, 1.165) is 93.4 Å². The molecule has 2 heterocycles. The highest BCUT2D eigenvalue weighted by atomic mass is 15.0. The second-order valence-corrected chi connectivity index (χ2v) is 19.1. The van der Waals surface area contributed by atoms with E-state index >= 15 is 0 Å². The highest BCUT2D eigenvalue weighted by Gasteiger charge is 2.26. The third kappa shape index (κ3) is 6.58. The Morgan fingerprint density at radius 1 is 0.233 bits per heavy atom. The van der Waals surface area contributed by atoms with Gasteiger partial charge in [-0.2, -0.15) is 0 Å². The predicted molar refractivity (Wildman–Crippen MR) is 306 cm³/mol. The molecule has 0 spiro atoms. The van der Waals surface area contributed by atoms with E-state index in [9.17, 15) is 0 Å². The first kappa shape index (κ1) is 41.1. The lowest BCUT2D eigenvalue weighted by atomic mass is 9.89. The third-order valence-corrected chi connectivity index (χ3v) is 15.0. The van der Waals surface area contributed by atoms with Crippen molar-refractivity contribution in [3.05, 3.63) is 255 Å². The van der Waals surface area contributed by atoms with E-state index in [4.69, 9.17) is 15.0 Å². The molecule has 0 fully saturated rings. The summed E-state index contributed by atoms with van der Waals surface area (Å²) in [5, 5.41) is 16.2. The van der Waals surface area contributed by atoms with Crippen LogP contribution in [-0.4, -0.2) is 19.5 Å². The van der Waals surface area contributed by atoms with E-state index in [1.165, 1.54) is 37.7 Å². The molecule has 2 aromatic heterocycles. The largest absolute Gasteiger partial charge is 0.308 e. The molecule has 0 radical (unpaired) electrons. The van der Waals surface area contributed by atoms with Crippen molar-refractivity contribution in [2.75, 3.05) is 0 Å². The smallest absolute Gasteiger partial charge is 0.164 e. The van der Waals surface area contributed by atoms with E-state index in [2.05, 4.69) is 259 Å². The molecule has 13 aromatic carbocycles. The summed E-state index contributed by atoms with van der Waals surface area (Å²) >= 11 is 0. The maximum absolute atomic E-state index is 5.61. The summed E-state index contributed by atoms with van der Waals surface area (Å²) in [6.45, 7) is 0. The standard InChI is InChI=1S/C69H42N4/c1-2-17-43(18-3-1)50-35-37-56-59(39-50)61(69-71-67(57-33-15-26-45-20-7-11-29-52(45)57)70-68(72-69)58-34-16-27-46-21-8-12-30-53(46)58)42-60(55-32-14-25-44-19-6-10-28-51(44)55)66(56)73-63-38-36-47-22-9-13-31-54(47)65(63)62-40-48-23-4-5-24-49(48)41-64(62)73/h1-42H. The van der Waals surface area contributed by atoms with Crippen LogP contribution in [0.3, 0.4) is 0 Å². The zero-order valence-electron chi connectivity index (χ0n) is 39.5. The van der Waals surface area contributed by atoms with Crippen molar-refractivity contribution in [1.29, 1.82) is 0 Å². The van der Waals surface area contributed by atoms with Gasteiger partial charge in [0.2, 0.25) is 0 Å². The first-order valence-electron chi connectivity index (χ1n) is 24.9. The number of hydrogen-bond donors (Lipinski definition) is 0. The van der Waals surface area contributed by atoms with Crippen LogP contribution in [0.5, 0.6) is 0 Å². The number of fused-ring (bicyclic) bond motifs is 10. The molecule has 0 saturated carbocycles. The van der Waals surface area contributed by atoms with E-state index in [0.29, 0.717) is 17.5 Å². The van der Waals surface area contributed by atoms with Gasteiger partial charge >= 0.3 is 0 Å². The molecule has 0 N–H and O–H groups in total. The Labute approximate surface area is 420 Å². The monoisotopic (exact) mass is 926 g/mol. The summed E-state index contributed by atoms with van der Waals surface area (Å²) in [6.07, 6.45) is 0. The summed E-state index contributed by atoms with van der Waals surface area (Å²) in [6, 6.07) is 92.2. The summed E-state index contributed by atoms with van der Waals surface area (Å²) in [5.41, 5.74) is 10.6. The molecule has 4 heteroatoms. The zero-order valence-corrected chi connectivity index (χ0v) is 39.5. The average molecular weight is 927 g/mol. The van der Waals surface area contributed by atoms with E-state index in [1.807, 2.05) is 0 Å². The van der Waals surface area contributed by atoms with Gasteiger partial charge in [0.15, 0.2) is 17.5 Å². The SMILES string of the molecule is c1ccc(-c2ccc3c(-n4c5cc6ccccc6cc5c5c6ccccc6ccc54)c(-c4cccc5ccccc45)cc(-c4nc(-c5cccc6ccccc56)nc(-c5cccc6ccccc56)n4)c3c2)cc1. The van der Waals surface area contributed by atoms with Crippen LogP contribution in [0.2, 0.25) is 0 Å². The zero-order chi connectivity index (χ0) is 48.0. The lowest BCUT2D eigenvalue weighted by molar-refractivity contribution is 1.08. The van der Waals surface area contributed by atoms with Crippen LogP contribution in [0, 0.1) is 0 Å². The van der Waals surface area contributed by atoms with Crippen LogP contribution in [0.15, 0.2) is 255 Å². The molecule has 0 saturated heterocycles. The molecule has 15 aromatic rings. The molecule has 0 unspecified atom stereocenters. The molecule has 0 aliphatic heterocycles. The van der Waals surface area contributed by atoms with Gasteiger partial charge in [0.05, 0.1) is 16.7 Å². The van der Waals surface area contributed by atoms with Crippen molar-refractivity contribution < 1.29 is 0 Å². The second-order valence-electron chi connectivity index (χ2n) is 19.1. The number of nitrogens with zero attached hydrogens (tertiary/aromatic N) is 4. The molecule has 0 bridgehead atoms. The lowest BCUT2D eigenvalue weighted by Gasteiger charge is -2.22. The van der Waals surface area contributed by atoms with Gasteiger partial charge in [0.1, 0.15) is 0 Å². The number of aromatic nitrogens is 4. The molecule has 338 valence electrons. The minimum atomic E-state index is 0.600. The van der Waals surface area contributed by atoms with Gasteiger partial charge in [0.25, 0.3) is 0 Å².